The molecule has 1 aromatic heterocycles. The van der Waals surface area contributed by atoms with Crippen molar-refractivity contribution in [3.8, 4) is 0 Å². The minimum Gasteiger partial charge on any atom is -0.399 e. The number of ether oxygens (including phenoxy) is 1. The van der Waals surface area contributed by atoms with Crippen LogP contribution in [0.1, 0.15) is 6.42 Å². The molecule has 84 valence electrons. The molecule has 3 N–H and O–H groups in total. The molecule has 0 amide bonds. The number of hydrogen-bond acceptors (Lipinski definition) is 5. The Morgan fingerprint density at radius 1 is 1.50 bits per heavy atom. The van der Waals surface area contributed by atoms with E-state index in [9.17, 15) is 0 Å². The first-order valence-electron chi connectivity index (χ1n) is 5.31. The second-order valence-corrected chi connectivity index (χ2v) is 4.98. The molecule has 1 aliphatic rings. The second-order valence-electron chi connectivity index (χ2n) is 3.95. The van der Waals surface area contributed by atoms with Crippen molar-refractivity contribution in [3.05, 3.63) is 18.2 Å². The van der Waals surface area contributed by atoms with E-state index >= 15 is 0 Å². The summed E-state index contributed by atoms with van der Waals surface area (Å²) < 4.78 is 6.44. The number of aromatic nitrogens is 1. The number of anilines is 2. The number of thiazole rings is 1. The molecule has 1 unspecified atom stereocenters. The van der Waals surface area contributed by atoms with Gasteiger partial charge in [0.2, 0.25) is 0 Å². The van der Waals surface area contributed by atoms with Gasteiger partial charge in [-0.25, -0.2) is 4.98 Å². The Kier molecular flexibility index (Phi) is 2.41. The first-order valence-corrected chi connectivity index (χ1v) is 6.13. The van der Waals surface area contributed by atoms with Gasteiger partial charge >= 0.3 is 0 Å². The van der Waals surface area contributed by atoms with E-state index in [1.54, 1.807) is 11.3 Å². The fourth-order valence-corrected chi connectivity index (χ4v) is 2.82. The van der Waals surface area contributed by atoms with Crippen molar-refractivity contribution in [2.75, 3.05) is 24.3 Å². The third kappa shape index (κ3) is 1.83. The van der Waals surface area contributed by atoms with Crippen molar-refractivity contribution in [3.63, 3.8) is 0 Å². The van der Waals surface area contributed by atoms with Crippen molar-refractivity contribution in [2.45, 2.75) is 12.5 Å². The average Bonchev–Trinajstić information content (AvgIpc) is 2.86. The van der Waals surface area contributed by atoms with E-state index in [2.05, 4.69) is 10.3 Å². The molecule has 1 aromatic carbocycles. The lowest BCUT2D eigenvalue weighted by Gasteiger charge is -2.07. The van der Waals surface area contributed by atoms with E-state index in [1.165, 1.54) is 0 Å². The molecular weight excluding hydrogens is 222 g/mol. The molecule has 1 fully saturated rings. The summed E-state index contributed by atoms with van der Waals surface area (Å²) >= 11 is 1.64. The van der Waals surface area contributed by atoms with Gasteiger partial charge in [-0.15, -0.1) is 0 Å². The monoisotopic (exact) mass is 235 g/mol. The quantitative estimate of drug-likeness (QED) is 0.782. The highest BCUT2D eigenvalue weighted by molar-refractivity contribution is 7.22. The maximum atomic E-state index is 5.74. The van der Waals surface area contributed by atoms with Gasteiger partial charge in [0, 0.05) is 12.3 Å². The highest BCUT2D eigenvalue weighted by Crippen LogP contribution is 2.28. The summed E-state index contributed by atoms with van der Waals surface area (Å²) in [5, 5.41) is 4.35. The number of nitrogens with two attached hydrogens (primary N) is 1. The largest absolute Gasteiger partial charge is 0.399 e. The lowest BCUT2D eigenvalue weighted by molar-refractivity contribution is 0.195. The van der Waals surface area contributed by atoms with Gasteiger partial charge in [-0.2, -0.15) is 0 Å². The predicted octanol–water partition coefficient (Wildman–Crippen LogP) is 2.08. The molecule has 5 heteroatoms. The molecule has 0 bridgehead atoms. The van der Waals surface area contributed by atoms with Crippen LogP contribution in [0.5, 0.6) is 0 Å². The van der Waals surface area contributed by atoms with Gasteiger partial charge in [-0.1, -0.05) is 11.3 Å². The number of fused-ring (bicyclic) bond motifs is 1. The van der Waals surface area contributed by atoms with E-state index in [0.29, 0.717) is 6.04 Å². The van der Waals surface area contributed by atoms with Gasteiger partial charge in [0.05, 0.1) is 22.9 Å². The van der Waals surface area contributed by atoms with Crippen molar-refractivity contribution in [1.29, 1.82) is 0 Å². The molecule has 2 aromatic rings. The van der Waals surface area contributed by atoms with Crippen LogP contribution in [-0.2, 0) is 4.74 Å². The summed E-state index contributed by atoms with van der Waals surface area (Å²) in [6.07, 6.45) is 1.05. The normalized spacial score (nSPS) is 20.4. The predicted molar refractivity (Wildman–Crippen MR) is 66.9 cm³/mol. The molecule has 1 aliphatic heterocycles. The lowest BCUT2D eigenvalue weighted by atomic mass is 10.3. The Morgan fingerprint density at radius 2 is 2.44 bits per heavy atom. The number of rotatable bonds is 2. The number of nitrogens with zero attached hydrogens (tertiary/aromatic N) is 1. The standard InChI is InChI=1S/C11H13N3OS/c12-7-1-2-9-10(5-7)16-11(14-9)13-8-3-4-15-6-8/h1-2,5,8H,3-4,6,12H2,(H,13,14). The summed E-state index contributed by atoms with van der Waals surface area (Å²) in [4.78, 5) is 4.51. The number of hydrogen-bond donors (Lipinski definition) is 2. The van der Waals surface area contributed by atoms with E-state index in [-0.39, 0.29) is 0 Å². The van der Waals surface area contributed by atoms with Gasteiger partial charge in [-0.3, -0.25) is 0 Å². The van der Waals surface area contributed by atoms with E-state index in [4.69, 9.17) is 10.5 Å². The van der Waals surface area contributed by atoms with Crippen molar-refractivity contribution >= 4 is 32.4 Å². The maximum Gasteiger partial charge on any atom is 0.184 e. The van der Waals surface area contributed by atoms with Gasteiger partial charge in [0.25, 0.3) is 0 Å². The molecule has 4 nitrogen and oxygen atoms in total. The number of benzene rings is 1. The van der Waals surface area contributed by atoms with Crippen molar-refractivity contribution < 1.29 is 4.74 Å². The minimum absolute atomic E-state index is 0.401. The Morgan fingerprint density at radius 3 is 3.25 bits per heavy atom. The first-order chi connectivity index (χ1) is 7.81. The van der Waals surface area contributed by atoms with Crippen LogP contribution in [0.4, 0.5) is 10.8 Å². The van der Waals surface area contributed by atoms with Gasteiger partial charge in [0.15, 0.2) is 5.13 Å². The zero-order chi connectivity index (χ0) is 11.0. The molecule has 3 rings (SSSR count). The first kappa shape index (κ1) is 9.86. The molecule has 1 atom stereocenters. The Balaban J connectivity index is 1.86. The fraction of sp³-hybridized carbons (Fsp3) is 0.364. The molecule has 16 heavy (non-hydrogen) atoms. The zero-order valence-electron chi connectivity index (χ0n) is 8.77. The zero-order valence-corrected chi connectivity index (χ0v) is 9.59. The molecule has 1 saturated heterocycles. The topological polar surface area (TPSA) is 60.2 Å². The highest BCUT2D eigenvalue weighted by atomic mass is 32.1. The number of nitrogens with one attached hydrogen (secondary N) is 1. The third-order valence-corrected chi connectivity index (χ3v) is 3.62. The smallest absolute Gasteiger partial charge is 0.184 e. The van der Waals surface area contributed by atoms with Crippen LogP contribution in [0.2, 0.25) is 0 Å². The fourth-order valence-electron chi connectivity index (χ4n) is 1.83. The summed E-state index contributed by atoms with van der Waals surface area (Å²) in [5.41, 5.74) is 7.52. The van der Waals surface area contributed by atoms with E-state index in [1.807, 2.05) is 18.2 Å². The highest BCUT2D eigenvalue weighted by Gasteiger charge is 2.16. The van der Waals surface area contributed by atoms with Crippen LogP contribution in [0, 0.1) is 0 Å². The summed E-state index contributed by atoms with van der Waals surface area (Å²) in [5.74, 6) is 0. The molecule has 2 heterocycles. The average molecular weight is 235 g/mol. The summed E-state index contributed by atoms with van der Waals surface area (Å²) in [7, 11) is 0. The second kappa shape index (κ2) is 3.92. The third-order valence-electron chi connectivity index (χ3n) is 2.67. The van der Waals surface area contributed by atoms with Crippen LogP contribution in [0.3, 0.4) is 0 Å². The summed E-state index contributed by atoms with van der Waals surface area (Å²) in [6.45, 7) is 1.62. The Labute approximate surface area is 97.4 Å². The molecule has 0 spiro atoms. The molecule has 0 radical (unpaired) electrons. The van der Waals surface area contributed by atoms with Crippen LogP contribution in [-0.4, -0.2) is 24.2 Å². The van der Waals surface area contributed by atoms with Crippen molar-refractivity contribution in [1.82, 2.24) is 4.98 Å². The maximum absolute atomic E-state index is 5.74. The SMILES string of the molecule is Nc1ccc2nc(NC3CCOC3)sc2c1. The van der Waals surface area contributed by atoms with Crippen LogP contribution >= 0.6 is 11.3 Å². The Bertz CT molecular complexity index is 505. The minimum atomic E-state index is 0.401. The Hall–Kier alpha value is -1.33. The van der Waals surface area contributed by atoms with Crippen LogP contribution in [0.25, 0.3) is 10.2 Å². The number of nitrogen functional groups attached to an aromatic ring is 1. The van der Waals surface area contributed by atoms with E-state index < -0.39 is 0 Å². The molecule has 0 saturated carbocycles. The van der Waals surface area contributed by atoms with Gasteiger partial charge < -0.3 is 15.8 Å². The van der Waals surface area contributed by atoms with Crippen LogP contribution < -0.4 is 11.1 Å². The lowest BCUT2D eigenvalue weighted by Crippen LogP contribution is -2.18. The van der Waals surface area contributed by atoms with Gasteiger partial charge in [0.1, 0.15) is 0 Å². The van der Waals surface area contributed by atoms with Crippen LogP contribution in [0.15, 0.2) is 18.2 Å². The summed E-state index contributed by atoms with van der Waals surface area (Å²) in [6, 6.07) is 6.20. The van der Waals surface area contributed by atoms with E-state index in [0.717, 1.165) is 40.7 Å². The molecular formula is C11H13N3OS. The molecule has 0 aliphatic carbocycles. The van der Waals surface area contributed by atoms with Gasteiger partial charge in [-0.05, 0) is 24.6 Å². The van der Waals surface area contributed by atoms with Crippen molar-refractivity contribution in [2.24, 2.45) is 0 Å².